The molecule has 1 heterocycles. The molecule has 0 aliphatic carbocycles. The third kappa shape index (κ3) is 3.51. The van der Waals surface area contributed by atoms with Gasteiger partial charge in [-0.05, 0) is 53.2 Å². The minimum atomic E-state index is -0.716. The monoisotopic (exact) mass is 336 g/mol. The predicted molar refractivity (Wildman–Crippen MR) is 80.7 cm³/mol. The number of carboxylic acids is 1. The number of carbonyl (C=O) groups is 1. The number of aliphatic carboxylic acids is 1. The number of piperidine rings is 1. The van der Waals surface area contributed by atoms with Crippen molar-refractivity contribution in [1.29, 1.82) is 5.26 Å². The van der Waals surface area contributed by atoms with Gasteiger partial charge in [0.15, 0.2) is 0 Å². The highest BCUT2D eigenvalue weighted by atomic mass is 79.9. The molecule has 0 radical (unpaired) electrons. The van der Waals surface area contributed by atoms with Gasteiger partial charge in [0.2, 0.25) is 0 Å². The molecule has 1 fully saturated rings. The van der Waals surface area contributed by atoms with Crippen molar-refractivity contribution in [3.8, 4) is 6.07 Å². The first-order valence-corrected chi connectivity index (χ1v) is 7.56. The standard InChI is InChI=1S/C15H17BrN2O2/c16-13-2-1-3-14(12(13)10-17)18-8-6-11(7-9-18)4-5-15(19)20/h1-3,11H,4-9H2,(H,19,20). The first-order valence-electron chi connectivity index (χ1n) is 6.77. The normalized spacial score (nSPS) is 15.9. The second kappa shape index (κ2) is 6.76. The topological polar surface area (TPSA) is 64.3 Å². The highest BCUT2D eigenvalue weighted by Crippen LogP contribution is 2.31. The maximum absolute atomic E-state index is 10.6. The zero-order chi connectivity index (χ0) is 14.5. The third-order valence-electron chi connectivity index (χ3n) is 3.83. The fourth-order valence-corrected chi connectivity index (χ4v) is 3.12. The van der Waals surface area contributed by atoms with E-state index in [1.165, 1.54) is 0 Å². The summed E-state index contributed by atoms with van der Waals surface area (Å²) in [4.78, 5) is 12.8. The molecule has 106 valence electrons. The Kier molecular flexibility index (Phi) is 5.02. The van der Waals surface area contributed by atoms with Crippen LogP contribution in [0, 0.1) is 17.2 Å². The molecule has 1 N–H and O–H groups in total. The quantitative estimate of drug-likeness (QED) is 0.915. The summed E-state index contributed by atoms with van der Waals surface area (Å²) in [7, 11) is 0. The van der Waals surface area contributed by atoms with Gasteiger partial charge >= 0.3 is 5.97 Å². The summed E-state index contributed by atoms with van der Waals surface area (Å²) in [5.74, 6) is -0.230. The molecule has 1 saturated heterocycles. The smallest absolute Gasteiger partial charge is 0.303 e. The number of hydrogen-bond acceptors (Lipinski definition) is 3. The van der Waals surface area contributed by atoms with Crippen molar-refractivity contribution >= 4 is 27.6 Å². The molecule has 1 aliphatic rings. The van der Waals surface area contributed by atoms with E-state index in [0.717, 1.165) is 42.5 Å². The molecule has 0 unspecified atom stereocenters. The van der Waals surface area contributed by atoms with Crippen LogP contribution >= 0.6 is 15.9 Å². The Morgan fingerprint density at radius 1 is 1.45 bits per heavy atom. The average Bonchev–Trinajstić information content (AvgIpc) is 2.45. The van der Waals surface area contributed by atoms with E-state index >= 15 is 0 Å². The van der Waals surface area contributed by atoms with Crippen LogP contribution in [-0.2, 0) is 4.79 Å². The van der Waals surface area contributed by atoms with E-state index in [1.807, 2.05) is 18.2 Å². The molecule has 1 aliphatic heterocycles. The molecule has 2 rings (SSSR count). The van der Waals surface area contributed by atoms with Crippen LogP contribution in [0.15, 0.2) is 22.7 Å². The van der Waals surface area contributed by atoms with E-state index in [1.54, 1.807) is 0 Å². The summed E-state index contributed by atoms with van der Waals surface area (Å²) >= 11 is 3.41. The first kappa shape index (κ1) is 14.9. The van der Waals surface area contributed by atoms with Crippen molar-refractivity contribution in [1.82, 2.24) is 0 Å². The SMILES string of the molecule is N#Cc1c(Br)cccc1N1CCC(CCC(=O)O)CC1. The van der Waals surface area contributed by atoms with Gasteiger partial charge in [-0.3, -0.25) is 4.79 Å². The van der Waals surface area contributed by atoms with Crippen LogP contribution in [0.3, 0.4) is 0 Å². The molecule has 0 atom stereocenters. The zero-order valence-electron chi connectivity index (χ0n) is 11.2. The lowest BCUT2D eigenvalue weighted by Gasteiger charge is -2.34. The molecule has 5 heteroatoms. The van der Waals surface area contributed by atoms with Crippen LogP contribution in [0.2, 0.25) is 0 Å². The van der Waals surface area contributed by atoms with E-state index < -0.39 is 5.97 Å². The van der Waals surface area contributed by atoms with Gasteiger partial charge in [-0.25, -0.2) is 0 Å². The van der Waals surface area contributed by atoms with Crippen LogP contribution in [0.25, 0.3) is 0 Å². The molecule has 1 aromatic rings. The van der Waals surface area contributed by atoms with Gasteiger partial charge in [0.1, 0.15) is 6.07 Å². The van der Waals surface area contributed by atoms with E-state index in [-0.39, 0.29) is 6.42 Å². The number of carboxylic acid groups (broad SMARTS) is 1. The molecule has 0 bridgehead atoms. The maximum Gasteiger partial charge on any atom is 0.303 e. The fourth-order valence-electron chi connectivity index (χ4n) is 2.68. The fraction of sp³-hybridized carbons (Fsp3) is 0.467. The van der Waals surface area contributed by atoms with Crippen molar-refractivity contribution in [2.45, 2.75) is 25.7 Å². The highest BCUT2D eigenvalue weighted by Gasteiger charge is 2.22. The maximum atomic E-state index is 10.6. The number of hydrogen-bond donors (Lipinski definition) is 1. The third-order valence-corrected chi connectivity index (χ3v) is 4.49. The Morgan fingerprint density at radius 3 is 2.75 bits per heavy atom. The Morgan fingerprint density at radius 2 is 2.15 bits per heavy atom. The molecule has 4 nitrogen and oxygen atoms in total. The Labute approximate surface area is 127 Å². The minimum Gasteiger partial charge on any atom is -0.481 e. The number of nitrogens with zero attached hydrogens (tertiary/aromatic N) is 2. The zero-order valence-corrected chi connectivity index (χ0v) is 12.8. The van der Waals surface area contributed by atoms with E-state index in [4.69, 9.17) is 5.11 Å². The van der Waals surface area contributed by atoms with Crippen LogP contribution in [-0.4, -0.2) is 24.2 Å². The van der Waals surface area contributed by atoms with Crippen molar-refractivity contribution in [2.24, 2.45) is 5.92 Å². The minimum absolute atomic E-state index is 0.255. The van der Waals surface area contributed by atoms with E-state index in [2.05, 4.69) is 26.9 Å². The summed E-state index contributed by atoms with van der Waals surface area (Å²) in [6, 6.07) is 8.04. The highest BCUT2D eigenvalue weighted by molar-refractivity contribution is 9.10. The summed E-state index contributed by atoms with van der Waals surface area (Å²) in [5, 5.41) is 18.0. The lowest BCUT2D eigenvalue weighted by molar-refractivity contribution is -0.137. The molecule has 0 spiro atoms. The average molecular weight is 337 g/mol. The van der Waals surface area contributed by atoms with Crippen molar-refractivity contribution in [3.63, 3.8) is 0 Å². The molecule has 20 heavy (non-hydrogen) atoms. The van der Waals surface area contributed by atoms with Crippen molar-refractivity contribution in [3.05, 3.63) is 28.2 Å². The van der Waals surface area contributed by atoms with E-state index in [9.17, 15) is 10.1 Å². The molecular formula is C15H17BrN2O2. The Bertz CT molecular complexity index is 531. The summed E-state index contributed by atoms with van der Waals surface area (Å²) in [6.07, 6.45) is 2.99. The Balaban J connectivity index is 1.99. The van der Waals surface area contributed by atoms with Gasteiger partial charge in [0, 0.05) is 24.0 Å². The number of rotatable bonds is 4. The molecule has 0 amide bonds. The lowest BCUT2D eigenvalue weighted by Crippen LogP contribution is -2.34. The summed E-state index contributed by atoms with van der Waals surface area (Å²) in [6.45, 7) is 1.77. The number of halogens is 1. The second-order valence-electron chi connectivity index (χ2n) is 5.11. The molecule has 1 aromatic carbocycles. The predicted octanol–water partition coefficient (Wildman–Crippen LogP) is 3.40. The summed E-state index contributed by atoms with van der Waals surface area (Å²) in [5.41, 5.74) is 1.65. The lowest BCUT2D eigenvalue weighted by atomic mass is 9.91. The van der Waals surface area contributed by atoms with Gasteiger partial charge in [0.05, 0.1) is 11.3 Å². The largest absolute Gasteiger partial charge is 0.481 e. The van der Waals surface area contributed by atoms with Crippen LogP contribution in [0.5, 0.6) is 0 Å². The van der Waals surface area contributed by atoms with E-state index in [0.29, 0.717) is 11.5 Å². The van der Waals surface area contributed by atoms with Crippen LogP contribution in [0.4, 0.5) is 5.69 Å². The Hall–Kier alpha value is -1.54. The van der Waals surface area contributed by atoms with Gasteiger partial charge in [-0.15, -0.1) is 0 Å². The number of anilines is 1. The van der Waals surface area contributed by atoms with Gasteiger partial charge in [0.25, 0.3) is 0 Å². The van der Waals surface area contributed by atoms with Gasteiger partial charge in [-0.2, -0.15) is 5.26 Å². The first-order chi connectivity index (χ1) is 9.61. The van der Waals surface area contributed by atoms with Gasteiger partial charge in [-0.1, -0.05) is 6.07 Å². The van der Waals surface area contributed by atoms with Crippen LogP contribution < -0.4 is 4.90 Å². The van der Waals surface area contributed by atoms with Gasteiger partial charge < -0.3 is 10.0 Å². The summed E-state index contributed by atoms with van der Waals surface area (Å²) < 4.78 is 0.825. The van der Waals surface area contributed by atoms with Crippen molar-refractivity contribution < 1.29 is 9.90 Å². The number of benzene rings is 1. The number of nitriles is 1. The molecule has 0 aromatic heterocycles. The van der Waals surface area contributed by atoms with Crippen molar-refractivity contribution in [2.75, 3.05) is 18.0 Å². The van der Waals surface area contributed by atoms with Crippen LogP contribution in [0.1, 0.15) is 31.2 Å². The molecule has 0 saturated carbocycles. The molecular weight excluding hydrogens is 320 g/mol. The second-order valence-corrected chi connectivity index (χ2v) is 5.96.